The molecular formula is C17H14F2I2O. The van der Waals surface area contributed by atoms with Gasteiger partial charge in [0.15, 0.2) is 5.78 Å². The molecule has 0 amide bonds. The fraction of sp³-hybridized carbons (Fsp3) is 0.235. The van der Waals surface area contributed by atoms with Gasteiger partial charge in [-0.3, -0.25) is 4.79 Å². The van der Waals surface area contributed by atoms with Gasteiger partial charge in [0.05, 0.1) is 11.8 Å². The summed E-state index contributed by atoms with van der Waals surface area (Å²) in [5, 5.41) is 0. The van der Waals surface area contributed by atoms with Crippen LogP contribution in [-0.4, -0.2) is 19.1 Å². The molecule has 2 aromatic carbocycles. The zero-order valence-corrected chi connectivity index (χ0v) is 15.9. The number of carbonyl (C=O) groups excluding carboxylic acids is 1. The summed E-state index contributed by atoms with van der Waals surface area (Å²) in [5.74, 6) is -2.25. The molecule has 0 saturated carbocycles. The van der Waals surface area contributed by atoms with Crippen molar-refractivity contribution in [3.8, 4) is 0 Å². The first kappa shape index (κ1) is 17.8. The van der Waals surface area contributed by atoms with Crippen LogP contribution in [0.5, 0.6) is 0 Å². The molecule has 1 nitrogen and oxygen atoms in total. The molecule has 0 radical (unpaired) electrons. The van der Waals surface area contributed by atoms with Crippen LogP contribution in [0.1, 0.15) is 23.0 Å². The third-order valence-electron chi connectivity index (χ3n) is 3.54. The van der Waals surface area contributed by atoms with Crippen molar-refractivity contribution in [1.82, 2.24) is 0 Å². The molecule has 0 fully saturated rings. The zero-order chi connectivity index (χ0) is 16.1. The van der Waals surface area contributed by atoms with Gasteiger partial charge in [0.2, 0.25) is 0 Å². The van der Waals surface area contributed by atoms with Crippen molar-refractivity contribution in [2.24, 2.45) is 0 Å². The first-order chi connectivity index (χ1) is 10.6. The van der Waals surface area contributed by atoms with Crippen molar-refractivity contribution in [2.45, 2.75) is 11.8 Å². The number of carbonyl (C=O) groups is 1. The first-order valence-corrected chi connectivity index (χ1v) is 8.89. The van der Waals surface area contributed by atoms with Crippen LogP contribution in [0.15, 0.2) is 48.5 Å². The molecule has 0 bridgehead atoms. The van der Waals surface area contributed by atoms with Crippen molar-refractivity contribution in [3.05, 3.63) is 66.8 Å². The summed E-state index contributed by atoms with van der Waals surface area (Å²) < 4.78 is 28.9. The van der Waals surface area contributed by atoms with Crippen molar-refractivity contribution < 1.29 is 13.6 Å². The number of benzene rings is 2. The second-order valence-electron chi connectivity index (χ2n) is 4.92. The number of rotatable bonds is 6. The van der Waals surface area contributed by atoms with Crippen LogP contribution in [-0.2, 0) is 4.79 Å². The second kappa shape index (κ2) is 8.33. The van der Waals surface area contributed by atoms with Crippen LogP contribution in [0, 0.1) is 7.14 Å². The number of hydrogen-bond acceptors (Lipinski definition) is 1. The van der Waals surface area contributed by atoms with Crippen LogP contribution in [0.4, 0.5) is 8.78 Å². The predicted octanol–water partition coefficient (Wildman–Crippen LogP) is 5.27. The summed E-state index contributed by atoms with van der Waals surface area (Å²) in [6, 6.07) is 14.2. The molecule has 0 spiro atoms. The molecule has 0 saturated heterocycles. The highest BCUT2D eigenvalue weighted by molar-refractivity contribution is 14.1. The second-order valence-corrected chi connectivity index (χ2v) is 7.41. The summed E-state index contributed by atoms with van der Waals surface area (Å²) in [6.07, 6.45) is 0. The molecule has 0 aliphatic heterocycles. The summed E-state index contributed by atoms with van der Waals surface area (Å²) in [5.41, 5.74) is 1.19. The maximum atomic E-state index is 13.4. The molecule has 0 N–H and O–H groups in total. The SMILES string of the molecule is O=C(C(CF)c1ccc(I)cc1)C(CF)c1ccc(I)cc1. The van der Waals surface area contributed by atoms with Gasteiger partial charge in [-0.25, -0.2) is 8.78 Å². The van der Waals surface area contributed by atoms with Gasteiger partial charge in [0.1, 0.15) is 13.3 Å². The van der Waals surface area contributed by atoms with E-state index in [2.05, 4.69) is 45.2 Å². The van der Waals surface area contributed by atoms with Crippen molar-refractivity contribution in [1.29, 1.82) is 0 Å². The molecule has 0 aliphatic rings. The van der Waals surface area contributed by atoms with E-state index in [1.807, 2.05) is 24.3 Å². The molecular weight excluding hydrogens is 512 g/mol. The third-order valence-corrected chi connectivity index (χ3v) is 4.98. The molecule has 2 aromatic rings. The highest BCUT2D eigenvalue weighted by Gasteiger charge is 2.29. The summed E-state index contributed by atoms with van der Waals surface area (Å²) in [7, 11) is 0. The van der Waals surface area contributed by atoms with Gasteiger partial charge in [-0.15, -0.1) is 0 Å². The fourth-order valence-electron chi connectivity index (χ4n) is 2.29. The van der Waals surface area contributed by atoms with Gasteiger partial charge in [0, 0.05) is 7.14 Å². The van der Waals surface area contributed by atoms with E-state index in [1.165, 1.54) is 0 Å². The standard InChI is InChI=1S/C17H14F2I2O/c18-9-15(11-1-5-13(20)6-2-11)17(22)16(10-19)12-3-7-14(21)8-4-12/h1-8,15-16H,9-10H2. The fourth-order valence-corrected chi connectivity index (χ4v) is 3.01. The quantitative estimate of drug-likeness (QED) is 0.469. The molecule has 5 heteroatoms. The Morgan fingerprint density at radius 1 is 0.773 bits per heavy atom. The van der Waals surface area contributed by atoms with Crippen molar-refractivity contribution in [2.75, 3.05) is 13.3 Å². The van der Waals surface area contributed by atoms with E-state index >= 15 is 0 Å². The number of hydrogen-bond donors (Lipinski definition) is 0. The Morgan fingerprint density at radius 2 is 1.09 bits per heavy atom. The third kappa shape index (κ3) is 4.24. The Kier molecular flexibility index (Phi) is 6.73. The van der Waals surface area contributed by atoms with E-state index in [9.17, 15) is 13.6 Å². The zero-order valence-electron chi connectivity index (χ0n) is 11.6. The molecule has 0 aromatic heterocycles. The predicted molar refractivity (Wildman–Crippen MR) is 101 cm³/mol. The lowest BCUT2D eigenvalue weighted by atomic mass is 9.85. The largest absolute Gasteiger partial charge is 0.298 e. The lowest BCUT2D eigenvalue weighted by Crippen LogP contribution is -2.23. The smallest absolute Gasteiger partial charge is 0.153 e. The molecule has 2 atom stereocenters. The topological polar surface area (TPSA) is 17.1 Å². The van der Waals surface area contributed by atoms with Crippen LogP contribution in [0.25, 0.3) is 0 Å². The van der Waals surface area contributed by atoms with E-state index in [0.717, 1.165) is 7.14 Å². The maximum absolute atomic E-state index is 13.4. The van der Waals surface area contributed by atoms with E-state index in [0.29, 0.717) is 11.1 Å². The summed E-state index contributed by atoms with van der Waals surface area (Å²) in [4.78, 5) is 12.6. The molecule has 0 aliphatic carbocycles. The lowest BCUT2D eigenvalue weighted by molar-refractivity contribution is -0.122. The van der Waals surface area contributed by atoms with Gasteiger partial charge in [-0.1, -0.05) is 24.3 Å². The molecule has 2 rings (SSSR count). The summed E-state index contributed by atoms with van der Waals surface area (Å²) in [6.45, 7) is -1.64. The van der Waals surface area contributed by atoms with Crippen LogP contribution in [0.2, 0.25) is 0 Å². The van der Waals surface area contributed by atoms with Gasteiger partial charge in [0.25, 0.3) is 0 Å². The summed E-state index contributed by atoms with van der Waals surface area (Å²) >= 11 is 4.29. The van der Waals surface area contributed by atoms with E-state index in [4.69, 9.17) is 0 Å². The Bertz CT molecular complexity index is 571. The lowest BCUT2D eigenvalue weighted by Gasteiger charge is -2.19. The van der Waals surface area contributed by atoms with E-state index in [1.54, 1.807) is 24.3 Å². The highest BCUT2D eigenvalue weighted by Crippen LogP contribution is 2.28. The Morgan fingerprint density at radius 3 is 1.36 bits per heavy atom. The van der Waals surface area contributed by atoms with Gasteiger partial charge >= 0.3 is 0 Å². The van der Waals surface area contributed by atoms with E-state index in [-0.39, 0.29) is 0 Å². The number of Topliss-reactive ketones (excluding diaryl/α,β-unsaturated/α-hetero) is 1. The molecule has 2 unspecified atom stereocenters. The highest BCUT2D eigenvalue weighted by atomic mass is 127. The maximum Gasteiger partial charge on any atom is 0.153 e. The normalized spacial score (nSPS) is 13.6. The van der Waals surface area contributed by atoms with Crippen LogP contribution >= 0.6 is 45.2 Å². The van der Waals surface area contributed by atoms with Crippen LogP contribution in [0.3, 0.4) is 0 Å². The van der Waals surface area contributed by atoms with Crippen LogP contribution < -0.4 is 0 Å². The minimum Gasteiger partial charge on any atom is -0.298 e. The molecule has 22 heavy (non-hydrogen) atoms. The Hall–Kier alpha value is -0.570. The van der Waals surface area contributed by atoms with Gasteiger partial charge < -0.3 is 0 Å². The number of ketones is 1. The van der Waals surface area contributed by atoms with Crippen molar-refractivity contribution >= 4 is 51.0 Å². The Labute approximate surface area is 155 Å². The Balaban J connectivity index is 2.29. The first-order valence-electron chi connectivity index (χ1n) is 6.73. The van der Waals surface area contributed by atoms with E-state index < -0.39 is 31.0 Å². The monoisotopic (exact) mass is 526 g/mol. The molecule has 116 valence electrons. The number of alkyl halides is 2. The minimum absolute atomic E-state index is 0.410. The number of halogens is 4. The molecule has 0 heterocycles. The average molecular weight is 526 g/mol. The van der Waals surface area contributed by atoms with Gasteiger partial charge in [-0.05, 0) is 80.6 Å². The van der Waals surface area contributed by atoms with Gasteiger partial charge in [-0.2, -0.15) is 0 Å². The minimum atomic E-state index is -0.919. The average Bonchev–Trinajstić information content (AvgIpc) is 2.52. The van der Waals surface area contributed by atoms with Crippen molar-refractivity contribution in [3.63, 3.8) is 0 Å².